The van der Waals surface area contributed by atoms with E-state index in [1.54, 1.807) is 0 Å². The number of hydrogen-bond donors (Lipinski definition) is 0. The minimum atomic E-state index is -0.754. The zero-order valence-corrected chi connectivity index (χ0v) is 8.74. The summed E-state index contributed by atoms with van der Waals surface area (Å²) in [5, 5.41) is 10.4. The Morgan fingerprint density at radius 3 is 2.73 bits per heavy atom. The van der Waals surface area contributed by atoms with Crippen LogP contribution >= 0.6 is 11.6 Å². The van der Waals surface area contributed by atoms with Crippen molar-refractivity contribution < 1.29 is 14.5 Å². The molecule has 7 heteroatoms. The third-order valence-electron chi connectivity index (χ3n) is 1.76. The summed E-state index contributed by atoms with van der Waals surface area (Å²) in [6.45, 7) is 1.44. The Kier molecular flexibility index (Phi) is 3.21. The van der Waals surface area contributed by atoms with Crippen LogP contribution in [0.25, 0.3) is 0 Å². The van der Waals surface area contributed by atoms with Gasteiger partial charge in [-0.15, -0.1) is 0 Å². The van der Waals surface area contributed by atoms with E-state index in [1.165, 1.54) is 6.92 Å². The highest BCUT2D eigenvalue weighted by molar-refractivity contribution is 6.35. The van der Waals surface area contributed by atoms with Gasteiger partial charge in [-0.25, -0.2) is 4.79 Å². The number of nitrogens with zero attached hydrogens (tertiary/aromatic N) is 2. The first-order valence-electron chi connectivity index (χ1n) is 3.86. The first-order chi connectivity index (χ1) is 6.99. The Morgan fingerprint density at radius 2 is 2.27 bits per heavy atom. The second-order valence-corrected chi connectivity index (χ2v) is 3.05. The first-order valence-corrected chi connectivity index (χ1v) is 4.24. The lowest BCUT2D eigenvalue weighted by Crippen LogP contribution is -2.06. The molecule has 1 heterocycles. The second kappa shape index (κ2) is 4.22. The molecule has 0 bridgehead atoms. The van der Waals surface area contributed by atoms with Gasteiger partial charge in [-0.1, -0.05) is 11.6 Å². The van der Waals surface area contributed by atoms with Crippen LogP contribution in [0, 0.1) is 17.0 Å². The summed E-state index contributed by atoms with van der Waals surface area (Å²) >= 11 is 5.70. The SMILES string of the molecule is COC(=O)c1cnc(C)c([N+](=O)[O-])c1Cl. The molecule has 1 aromatic heterocycles. The van der Waals surface area contributed by atoms with E-state index in [4.69, 9.17) is 11.6 Å². The molecule has 0 aliphatic heterocycles. The number of carbonyl (C=O) groups excluding carboxylic acids is 1. The highest BCUT2D eigenvalue weighted by Crippen LogP contribution is 2.30. The smallest absolute Gasteiger partial charge is 0.341 e. The van der Waals surface area contributed by atoms with Crippen molar-refractivity contribution in [3.05, 3.63) is 32.6 Å². The van der Waals surface area contributed by atoms with Gasteiger partial charge in [0.25, 0.3) is 0 Å². The molecule has 0 saturated heterocycles. The second-order valence-electron chi connectivity index (χ2n) is 2.67. The van der Waals surface area contributed by atoms with Crippen LogP contribution in [0.5, 0.6) is 0 Å². The predicted octanol–water partition coefficient (Wildman–Crippen LogP) is 1.74. The normalized spacial score (nSPS) is 9.80. The van der Waals surface area contributed by atoms with Gasteiger partial charge in [0.05, 0.1) is 12.0 Å². The van der Waals surface area contributed by atoms with Crippen LogP contribution in [0.2, 0.25) is 5.02 Å². The lowest BCUT2D eigenvalue weighted by atomic mass is 10.2. The number of ether oxygens (including phenoxy) is 1. The van der Waals surface area contributed by atoms with E-state index in [2.05, 4.69) is 9.72 Å². The lowest BCUT2D eigenvalue weighted by molar-refractivity contribution is -0.385. The molecule has 0 radical (unpaired) electrons. The maximum Gasteiger partial charge on any atom is 0.341 e. The van der Waals surface area contributed by atoms with Crippen LogP contribution in [0.15, 0.2) is 6.20 Å². The van der Waals surface area contributed by atoms with E-state index in [1.807, 2.05) is 0 Å². The fourth-order valence-corrected chi connectivity index (χ4v) is 1.36. The number of nitro groups is 1. The number of pyridine rings is 1. The van der Waals surface area contributed by atoms with E-state index in [-0.39, 0.29) is 22.0 Å². The molecule has 0 amide bonds. The number of carbonyl (C=O) groups is 1. The zero-order valence-electron chi connectivity index (χ0n) is 7.98. The molecule has 0 aliphatic rings. The molecule has 0 spiro atoms. The maximum atomic E-state index is 11.2. The van der Waals surface area contributed by atoms with Crippen LogP contribution in [0.4, 0.5) is 5.69 Å². The van der Waals surface area contributed by atoms with Crippen LogP contribution in [0.1, 0.15) is 16.1 Å². The fraction of sp³-hybridized carbons (Fsp3) is 0.250. The number of rotatable bonds is 2. The van der Waals surface area contributed by atoms with E-state index in [9.17, 15) is 14.9 Å². The molecule has 0 saturated carbocycles. The quantitative estimate of drug-likeness (QED) is 0.439. The molecule has 0 N–H and O–H groups in total. The Morgan fingerprint density at radius 1 is 1.67 bits per heavy atom. The first kappa shape index (κ1) is 11.4. The average molecular weight is 231 g/mol. The van der Waals surface area contributed by atoms with Crippen molar-refractivity contribution in [2.75, 3.05) is 7.11 Å². The molecule has 80 valence electrons. The van der Waals surface area contributed by atoms with Crippen molar-refractivity contribution >= 4 is 23.3 Å². The van der Waals surface area contributed by atoms with Crippen LogP contribution in [0.3, 0.4) is 0 Å². The molecule has 0 fully saturated rings. The zero-order chi connectivity index (χ0) is 11.6. The Hall–Kier alpha value is -1.69. The Balaban J connectivity index is 3.41. The fourth-order valence-electron chi connectivity index (χ4n) is 1.03. The summed E-state index contributed by atoms with van der Waals surface area (Å²) in [6.07, 6.45) is 1.15. The summed E-state index contributed by atoms with van der Waals surface area (Å²) in [6, 6.07) is 0. The highest BCUT2D eigenvalue weighted by Gasteiger charge is 2.24. The number of halogens is 1. The van der Waals surface area contributed by atoms with Gasteiger partial charge < -0.3 is 4.74 Å². The predicted molar refractivity (Wildman–Crippen MR) is 52.0 cm³/mol. The van der Waals surface area contributed by atoms with Crippen LogP contribution in [-0.2, 0) is 4.74 Å². The number of aromatic nitrogens is 1. The largest absolute Gasteiger partial charge is 0.465 e. The van der Waals surface area contributed by atoms with E-state index < -0.39 is 10.9 Å². The molecule has 1 rings (SSSR count). The van der Waals surface area contributed by atoms with Crippen molar-refractivity contribution in [1.82, 2.24) is 4.98 Å². The van der Waals surface area contributed by atoms with Gasteiger partial charge in [0.2, 0.25) is 0 Å². The lowest BCUT2D eigenvalue weighted by Gasteiger charge is -2.03. The maximum absolute atomic E-state index is 11.2. The van der Waals surface area contributed by atoms with Crippen molar-refractivity contribution in [2.45, 2.75) is 6.92 Å². The molecular formula is C8H7ClN2O4. The molecule has 15 heavy (non-hydrogen) atoms. The third-order valence-corrected chi connectivity index (χ3v) is 2.14. The van der Waals surface area contributed by atoms with Crippen molar-refractivity contribution in [3.8, 4) is 0 Å². The van der Waals surface area contributed by atoms with Gasteiger partial charge in [-0.2, -0.15) is 0 Å². The molecule has 0 aliphatic carbocycles. The summed E-state index contributed by atoms with van der Waals surface area (Å²) < 4.78 is 4.41. The van der Waals surface area contributed by atoms with Gasteiger partial charge in [-0.3, -0.25) is 15.1 Å². The highest BCUT2D eigenvalue weighted by atomic mass is 35.5. The van der Waals surface area contributed by atoms with Gasteiger partial charge in [0.1, 0.15) is 16.3 Å². The van der Waals surface area contributed by atoms with Crippen molar-refractivity contribution in [1.29, 1.82) is 0 Å². The van der Waals surface area contributed by atoms with Crippen LogP contribution < -0.4 is 0 Å². The van der Waals surface area contributed by atoms with Crippen LogP contribution in [-0.4, -0.2) is 23.0 Å². The molecule has 0 unspecified atom stereocenters. The van der Waals surface area contributed by atoms with Crippen molar-refractivity contribution in [2.24, 2.45) is 0 Å². The standard InChI is InChI=1S/C8H7ClN2O4/c1-4-7(11(13)14)6(9)5(3-10-4)8(12)15-2/h3H,1-2H3. The van der Waals surface area contributed by atoms with E-state index in [0.29, 0.717) is 0 Å². The minimum absolute atomic E-state index is 0.114. The van der Waals surface area contributed by atoms with Gasteiger partial charge in [0.15, 0.2) is 0 Å². The summed E-state index contributed by atoms with van der Waals surface area (Å²) in [7, 11) is 1.16. The number of aryl methyl sites for hydroxylation is 1. The third kappa shape index (κ3) is 2.04. The topological polar surface area (TPSA) is 82.3 Å². The van der Waals surface area contributed by atoms with E-state index in [0.717, 1.165) is 13.3 Å². The number of methoxy groups -OCH3 is 1. The monoisotopic (exact) mass is 230 g/mol. The molecule has 0 atom stereocenters. The molecule has 1 aromatic rings. The average Bonchev–Trinajstić information content (AvgIpc) is 2.16. The van der Waals surface area contributed by atoms with Crippen molar-refractivity contribution in [3.63, 3.8) is 0 Å². The minimum Gasteiger partial charge on any atom is -0.465 e. The van der Waals surface area contributed by atoms with Gasteiger partial charge in [0, 0.05) is 6.20 Å². The van der Waals surface area contributed by atoms with E-state index >= 15 is 0 Å². The number of esters is 1. The van der Waals surface area contributed by atoms with Gasteiger partial charge in [-0.05, 0) is 6.92 Å². The molecule has 0 aromatic carbocycles. The molecular weight excluding hydrogens is 224 g/mol. The summed E-state index contributed by atoms with van der Waals surface area (Å²) in [4.78, 5) is 24.8. The van der Waals surface area contributed by atoms with Gasteiger partial charge >= 0.3 is 11.7 Å². The Bertz CT molecular complexity index is 433. The Labute approximate surface area is 90.0 Å². The summed E-state index contributed by atoms with van der Waals surface area (Å²) in [5.74, 6) is -0.754. The summed E-state index contributed by atoms with van der Waals surface area (Å²) in [5.41, 5.74) is -0.339. The molecule has 6 nitrogen and oxygen atoms in total. The number of hydrogen-bond acceptors (Lipinski definition) is 5.